The largest absolute Gasteiger partial charge is 0.492 e. The van der Waals surface area contributed by atoms with Crippen LogP contribution in [0.1, 0.15) is 45.6 Å². The molecule has 2 rings (SSSR count). The van der Waals surface area contributed by atoms with Crippen molar-refractivity contribution in [2.75, 3.05) is 20.2 Å². The van der Waals surface area contributed by atoms with Gasteiger partial charge in [0.2, 0.25) is 0 Å². The van der Waals surface area contributed by atoms with Crippen molar-refractivity contribution in [2.45, 2.75) is 58.2 Å². The van der Waals surface area contributed by atoms with E-state index in [1.165, 1.54) is 25.8 Å². The molecule has 21 heavy (non-hydrogen) atoms. The Bertz CT molecular complexity index is 442. The molecule has 0 aliphatic carbocycles. The maximum Gasteiger partial charge on any atom is 0.126 e. The average molecular weight is 291 g/mol. The van der Waals surface area contributed by atoms with Crippen molar-refractivity contribution >= 4 is 0 Å². The van der Waals surface area contributed by atoms with Crippen molar-refractivity contribution < 1.29 is 4.74 Å². The molecule has 0 spiro atoms. The molecule has 1 aliphatic heterocycles. The Balaban J connectivity index is 1.93. The number of piperidine rings is 1. The summed E-state index contributed by atoms with van der Waals surface area (Å²) in [5.41, 5.74) is 1.22. The van der Waals surface area contributed by atoms with Crippen molar-refractivity contribution in [1.82, 2.24) is 15.2 Å². The molecule has 4 heteroatoms. The van der Waals surface area contributed by atoms with Gasteiger partial charge in [0.05, 0.1) is 0 Å². The number of ether oxygens (including phenoxy) is 1. The highest BCUT2D eigenvalue weighted by molar-refractivity contribution is 5.30. The number of likely N-dealkylation sites (N-methyl/N-ethyl adjacent to an activating group) is 1. The lowest BCUT2D eigenvalue weighted by molar-refractivity contribution is 0.124. The highest BCUT2D eigenvalue weighted by atomic mass is 16.5. The molecule has 2 heterocycles. The van der Waals surface area contributed by atoms with Crippen LogP contribution in [0, 0.1) is 0 Å². The van der Waals surface area contributed by atoms with Gasteiger partial charge in [-0.25, -0.2) is 0 Å². The Kier molecular flexibility index (Phi) is 5.59. The molecule has 1 aliphatic rings. The van der Waals surface area contributed by atoms with E-state index in [1.807, 2.05) is 12.3 Å². The topological polar surface area (TPSA) is 37.4 Å². The Morgan fingerprint density at radius 2 is 2.19 bits per heavy atom. The minimum atomic E-state index is 0.0939. The van der Waals surface area contributed by atoms with Crippen LogP contribution >= 0.6 is 0 Å². The van der Waals surface area contributed by atoms with E-state index in [9.17, 15) is 0 Å². The van der Waals surface area contributed by atoms with Crippen LogP contribution in [0.4, 0.5) is 0 Å². The normalized spacial score (nSPS) is 20.5. The fourth-order valence-corrected chi connectivity index (χ4v) is 2.59. The first kappa shape index (κ1) is 16.2. The summed E-state index contributed by atoms with van der Waals surface area (Å²) in [5, 5.41) is 3.49. The fraction of sp³-hybridized carbons (Fsp3) is 0.706. The van der Waals surface area contributed by atoms with Gasteiger partial charge in [-0.1, -0.05) is 6.42 Å². The van der Waals surface area contributed by atoms with Gasteiger partial charge in [-0.15, -0.1) is 0 Å². The Morgan fingerprint density at radius 1 is 1.38 bits per heavy atom. The number of nitrogens with zero attached hydrogens (tertiary/aromatic N) is 2. The first-order valence-electron chi connectivity index (χ1n) is 7.97. The van der Waals surface area contributed by atoms with Gasteiger partial charge in [0.25, 0.3) is 0 Å². The van der Waals surface area contributed by atoms with Crippen molar-refractivity contribution in [3.8, 4) is 5.75 Å². The van der Waals surface area contributed by atoms with Gasteiger partial charge in [-0.2, -0.15) is 0 Å². The Morgan fingerprint density at radius 3 is 2.90 bits per heavy atom. The summed E-state index contributed by atoms with van der Waals surface area (Å²) in [6.07, 6.45) is 7.56. The van der Waals surface area contributed by atoms with Crippen LogP contribution in [0.2, 0.25) is 0 Å². The number of hydrogen-bond acceptors (Lipinski definition) is 4. The van der Waals surface area contributed by atoms with Gasteiger partial charge in [0, 0.05) is 36.1 Å². The molecule has 0 bridgehead atoms. The number of rotatable bonds is 5. The van der Waals surface area contributed by atoms with E-state index >= 15 is 0 Å². The summed E-state index contributed by atoms with van der Waals surface area (Å²) < 4.78 is 6.09. The molecule has 1 aromatic rings. The third-order valence-corrected chi connectivity index (χ3v) is 4.02. The molecule has 1 atom stereocenters. The Hall–Kier alpha value is -1.13. The van der Waals surface area contributed by atoms with E-state index in [0.29, 0.717) is 6.04 Å². The molecule has 1 N–H and O–H groups in total. The van der Waals surface area contributed by atoms with Gasteiger partial charge in [-0.3, -0.25) is 4.98 Å². The van der Waals surface area contributed by atoms with E-state index in [4.69, 9.17) is 4.74 Å². The quantitative estimate of drug-likeness (QED) is 0.905. The zero-order valence-electron chi connectivity index (χ0n) is 13.9. The van der Waals surface area contributed by atoms with Gasteiger partial charge < -0.3 is 15.0 Å². The smallest absolute Gasteiger partial charge is 0.126 e. The van der Waals surface area contributed by atoms with E-state index in [1.54, 1.807) is 6.20 Å². The molecule has 4 nitrogen and oxygen atoms in total. The fourth-order valence-electron chi connectivity index (χ4n) is 2.59. The van der Waals surface area contributed by atoms with Crippen molar-refractivity contribution in [3.05, 3.63) is 24.0 Å². The lowest BCUT2D eigenvalue weighted by Gasteiger charge is -2.32. The SMILES string of the molecule is CN1CCCCC1COc1ccncc1CNC(C)(C)C. The van der Waals surface area contributed by atoms with Crippen LogP contribution in [-0.2, 0) is 6.54 Å². The second kappa shape index (κ2) is 7.23. The third kappa shape index (κ3) is 5.29. The van der Waals surface area contributed by atoms with Gasteiger partial charge >= 0.3 is 0 Å². The van der Waals surface area contributed by atoms with Crippen LogP contribution in [0.15, 0.2) is 18.5 Å². The molecule has 1 aromatic heterocycles. The van der Waals surface area contributed by atoms with Crippen molar-refractivity contribution in [1.29, 1.82) is 0 Å². The van der Waals surface area contributed by atoms with E-state index in [0.717, 1.165) is 24.5 Å². The Labute approximate surface area is 128 Å². The van der Waals surface area contributed by atoms with Crippen molar-refractivity contribution in [2.24, 2.45) is 0 Å². The minimum Gasteiger partial charge on any atom is -0.492 e. The molecule has 118 valence electrons. The lowest BCUT2D eigenvalue weighted by Crippen LogP contribution is -2.40. The zero-order chi connectivity index (χ0) is 15.3. The number of pyridine rings is 1. The number of aromatic nitrogens is 1. The molecule has 0 amide bonds. The lowest BCUT2D eigenvalue weighted by atomic mass is 10.0. The van der Waals surface area contributed by atoms with E-state index in [2.05, 4.69) is 43.0 Å². The molecule has 0 radical (unpaired) electrons. The van der Waals surface area contributed by atoms with Crippen LogP contribution < -0.4 is 10.1 Å². The van der Waals surface area contributed by atoms with E-state index in [-0.39, 0.29) is 5.54 Å². The number of nitrogens with one attached hydrogen (secondary N) is 1. The molecule has 1 saturated heterocycles. The standard InChI is InChI=1S/C17H29N3O/c1-17(2,3)19-12-14-11-18-9-8-16(14)21-13-15-7-5-6-10-20(15)4/h8-9,11,15,19H,5-7,10,12-13H2,1-4H3. The van der Waals surface area contributed by atoms with Gasteiger partial charge in [-0.05, 0) is 53.3 Å². The molecule has 1 fully saturated rings. The molecule has 0 aromatic carbocycles. The third-order valence-electron chi connectivity index (χ3n) is 4.02. The zero-order valence-corrected chi connectivity index (χ0v) is 13.9. The minimum absolute atomic E-state index is 0.0939. The predicted molar refractivity (Wildman–Crippen MR) is 86.6 cm³/mol. The second-order valence-corrected chi connectivity index (χ2v) is 7.03. The number of likely N-dealkylation sites (tertiary alicyclic amines) is 1. The highest BCUT2D eigenvalue weighted by Gasteiger charge is 2.20. The summed E-state index contributed by atoms with van der Waals surface area (Å²) in [7, 11) is 2.20. The monoisotopic (exact) mass is 291 g/mol. The first-order chi connectivity index (χ1) is 9.96. The highest BCUT2D eigenvalue weighted by Crippen LogP contribution is 2.20. The van der Waals surface area contributed by atoms with Crippen LogP contribution in [-0.4, -0.2) is 41.7 Å². The average Bonchev–Trinajstić information content (AvgIpc) is 2.44. The molecule has 1 unspecified atom stereocenters. The molecular formula is C17H29N3O. The van der Waals surface area contributed by atoms with Crippen LogP contribution in [0.3, 0.4) is 0 Å². The maximum absolute atomic E-state index is 6.09. The van der Waals surface area contributed by atoms with Gasteiger partial charge in [0.15, 0.2) is 0 Å². The first-order valence-corrected chi connectivity index (χ1v) is 7.97. The maximum atomic E-state index is 6.09. The summed E-state index contributed by atoms with van der Waals surface area (Å²) in [6, 6.07) is 2.51. The summed E-state index contributed by atoms with van der Waals surface area (Å²) in [5.74, 6) is 0.959. The molecular weight excluding hydrogens is 262 g/mol. The van der Waals surface area contributed by atoms with Crippen LogP contribution in [0.5, 0.6) is 5.75 Å². The van der Waals surface area contributed by atoms with Crippen molar-refractivity contribution in [3.63, 3.8) is 0 Å². The molecule has 0 saturated carbocycles. The van der Waals surface area contributed by atoms with E-state index < -0.39 is 0 Å². The van der Waals surface area contributed by atoms with Gasteiger partial charge in [0.1, 0.15) is 12.4 Å². The summed E-state index contributed by atoms with van der Waals surface area (Å²) >= 11 is 0. The summed E-state index contributed by atoms with van der Waals surface area (Å²) in [6.45, 7) is 9.24. The predicted octanol–water partition coefficient (Wildman–Crippen LogP) is 2.83. The second-order valence-electron chi connectivity index (χ2n) is 7.03. The van der Waals surface area contributed by atoms with Crippen LogP contribution in [0.25, 0.3) is 0 Å². The summed E-state index contributed by atoms with van der Waals surface area (Å²) in [4.78, 5) is 6.64. The number of hydrogen-bond donors (Lipinski definition) is 1.